The van der Waals surface area contributed by atoms with E-state index in [-0.39, 0.29) is 17.4 Å². The highest BCUT2D eigenvalue weighted by atomic mass is 16.3. The van der Waals surface area contributed by atoms with Gasteiger partial charge in [0, 0.05) is 19.0 Å². The van der Waals surface area contributed by atoms with Crippen LogP contribution >= 0.6 is 0 Å². The van der Waals surface area contributed by atoms with Crippen molar-refractivity contribution >= 4 is 5.91 Å². The molecular weight excluding hydrogens is 264 g/mol. The fourth-order valence-corrected chi connectivity index (χ4v) is 3.23. The Labute approximate surface area is 129 Å². The monoisotopic (exact) mass is 298 g/mol. The van der Waals surface area contributed by atoms with Gasteiger partial charge in [-0.25, -0.2) is 0 Å². The molecule has 1 atom stereocenters. The maximum atomic E-state index is 11.9. The third-order valence-corrected chi connectivity index (χ3v) is 4.55. The molecule has 0 bridgehead atoms. The van der Waals surface area contributed by atoms with E-state index >= 15 is 0 Å². The van der Waals surface area contributed by atoms with Crippen molar-refractivity contribution < 1.29 is 9.90 Å². The van der Waals surface area contributed by atoms with Crippen LogP contribution in [-0.4, -0.2) is 29.2 Å². The zero-order chi connectivity index (χ0) is 16.1. The van der Waals surface area contributed by atoms with Gasteiger partial charge in [-0.2, -0.15) is 0 Å². The fourth-order valence-electron chi connectivity index (χ4n) is 3.23. The molecule has 4 heteroatoms. The minimum atomic E-state index is -0.713. The fraction of sp³-hybridized carbons (Fsp3) is 0.941. The van der Waals surface area contributed by atoms with Crippen LogP contribution in [0.5, 0.6) is 0 Å². The van der Waals surface area contributed by atoms with E-state index in [9.17, 15) is 9.90 Å². The highest BCUT2D eigenvalue weighted by Gasteiger charge is 2.33. The van der Waals surface area contributed by atoms with Crippen LogP contribution in [0, 0.1) is 11.3 Å². The molecule has 4 N–H and O–H groups in total. The second-order valence-electron chi connectivity index (χ2n) is 8.08. The van der Waals surface area contributed by atoms with Crippen molar-refractivity contribution in [2.45, 2.75) is 84.3 Å². The minimum Gasteiger partial charge on any atom is -0.388 e. The van der Waals surface area contributed by atoms with Gasteiger partial charge in [-0.05, 0) is 43.4 Å². The summed E-state index contributed by atoms with van der Waals surface area (Å²) in [5.41, 5.74) is 5.44. The van der Waals surface area contributed by atoms with Gasteiger partial charge in [-0.15, -0.1) is 0 Å². The molecule has 1 saturated carbocycles. The first-order chi connectivity index (χ1) is 9.63. The maximum absolute atomic E-state index is 11.9. The molecule has 1 amide bonds. The largest absolute Gasteiger partial charge is 0.388 e. The number of carbonyl (C=O) groups excluding carboxylic acids is 1. The molecule has 0 aliphatic heterocycles. The number of nitrogens with two attached hydrogens (primary N) is 1. The summed E-state index contributed by atoms with van der Waals surface area (Å²) >= 11 is 0. The quantitative estimate of drug-likeness (QED) is 0.705. The Morgan fingerprint density at radius 2 is 1.95 bits per heavy atom. The SMILES string of the molecule is CCC1CCC(O)(CNC(=O)CC(N)CC(C)(C)C)CC1. The topological polar surface area (TPSA) is 75.3 Å². The van der Waals surface area contributed by atoms with Gasteiger partial charge in [-0.1, -0.05) is 34.1 Å². The van der Waals surface area contributed by atoms with Crippen molar-refractivity contribution in [1.82, 2.24) is 5.32 Å². The first-order valence-electron chi connectivity index (χ1n) is 8.38. The number of nitrogens with one attached hydrogen (secondary N) is 1. The average molecular weight is 298 g/mol. The molecule has 0 heterocycles. The Morgan fingerprint density at radius 1 is 1.38 bits per heavy atom. The number of amides is 1. The minimum absolute atomic E-state index is 0.0437. The zero-order valence-corrected chi connectivity index (χ0v) is 14.2. The van der Waals surface area contributed by atoms with Crippen molar-refractivity contribution in [3.05, 3.63) is 0 Å². The molecule has 124 valence electrons. The Hall–Kier alpha value is -0.610. The molecule has 0 saturated heterocycles. The standard InChI is InChI=1S/C17H34N2O2/c1-5-13-6-8-17(21,9-7-13)12-19-15(20)10-14(18)11-16(2,3)4/h13-14,21H,5-12,18H2,1-4H3,(H,19,20). The highest BCUT2D eigenvalue weighted by molar-refractivity contribution is 5.76. The van der Waals surface area contributed by atoms with E-state index in [0.717, 1.165) is 38.0 Å². The molecule has 0 aromatic rings. The lowest BCUT2D eigenvalue weighted by atomic mass is 9.78. The van der Waals surface area contributed by atoms with E-state index in [1.54, 1.807) is 0 Å². The molecule has 0 aromatic carbocycles. The second kappa shape index (κ2) is 7.59. The van der Waals surface area contributed by atoms with Gasteiger partial charge >= 0.3 is 0 Å². The first kappa shape index (κ1) is 18.4. The number of rotatable bonds is 6. The van der Waals surface area contributed by atoms with Gasteiger partial charge in [0.1, 0.15) is 0 Å². The predicted molar refractivity (Wildman–Crippen MR) is 86.9 cm³/mol. The van der Waals surface area contributed by atoms with Crippen LogP contribution in [0.2, 0.25) is 0 Å². The summed E-state index contributed by atoms with van der Waals surface area (Å²) < 4.78 is 0. The third-order valence-electron chi connectivity index (χ3n) is 4.55. The van der Waals surface area contributed by atoms with Crippen LogP contribution in [0.1, 0.15) is 72.6 Å². The molecule has 1 rings (SSSR count). The van der Waals surface area contributed by atoms with E-state index in [2.05, 4.69) is 33.0 Å². The summed E-state index contributed by atoms with van der Waals surface area (Å²) in [6.07, 6.45) is 6.05. The van der Waals surface area contributed by atoms with Gasteiger partial charge in [0.2, 0.25) is 5.91 Å². The van der Waals surface area contributed by atoms with E-state index in [0.29, 0.717) is 13.0 Å². The van der Waals surface area contributed by atoms with Gasteiger partial charge in [-0.3, -0.25) is 4.79 Å². The van der Waals surface area contributed by atoms with Crippen LogP contribution in [0.25, 0.3) is 0 Å². The first-order valence-corrected chi connectivity index (χ1v) is 8.38. The van der Waals surface area contributed by atoms with Crippen LogP contribution in [0.3, 0.4) is 0 Å². The summed E-state index contributed by atoms with van der Waals surface area (Å²) in [5, 5.41) is 13.4. The van der Waals surface area contributed by atoms with Crippen molar-refractivity contribution in [2.24, 2.45) is 17.1 Å². The molecule has 21 heavy (non-hydrogen) atoms. The maximum Gasteiger partial charge on any atom is 0.221 e. The van der Waals surface area contributed by atoms with Gasteiger partial charge in [0.25, 0.3) is 0 Å². The Kier molecular flexibility index (Phi) is 6.67. The number of aliphatic hydroxyl groups is 1. The van der Waals surface area contributed by atoms with E-state index in [1.807, 2.05) is 0 Å². The zero-order valence-electron chi connectivity index (χ0n) is 14.2. The van der Waals surface area contributed by atoms with Crippen LogP contribution in [-0.2, 0) is 4.79 Å². The average Bonchev–Trinajstić information content (AvgIpc) is 2.35. The Bertz CT molecular complexity index is 328. The van der Waals surface area contributed by atoms with Crippen LogP contribution in [0.15, 0.2) is 0 Å². The predicted octanol–water partition coefficient (Wildman–Crippen LogP) is 2.59. The van der Waals surface area contributed by atoms with E-state index < -0.39 is 5.60 Å². The molecular formula is C17H34N2O2. The molecule has 1 aliphatic rings. The van der Waals surface area contributed by atoms with Crippen molar-refractivity contribution in [3.8, 4) is 0 Å². The smallest absolute Gasteiger partial charge is 0.221 e. The lowest BCUT2D eigenvalue weighted by Crippen LogP contribution is -2.46. The van der Waals surface area contributed by atoms with Crippen molar-refractivity contribution in [3.63, 3.8) is 0 Å². The molecule has 1 fully saturated rings. The van der Waals surface area contributed by atoms with E-state index in [1.165, 1.54) is 6.42 Å². The lowest BCUT2D eigenvalue weighted by molar-refractivity contribution is -0.123. The molecule has 0 aromatic heterocycles. The van der Waals surface area contributed by atoms with Gasteiger partial charge < -0.3 is 16.2 Å². The molecule has 0 radical (unpaired) electrons. The Balaban J connectivity index is 2.29. The Morgan fingerprint density at radius 3 is 2.43 bits per heavy atom. The highest BCUT2D eigenvalue weighted by Crippen LogP contribution is 2.33. The van der Waals surface area contributed by atoms with Crippen LogP contribution in [0.4, 0.5) is 0 Å². The summed E-state index contributed by atoms with van der Waals surface area (Å²) in [4.78, 5) is 11.9. The number of hydrogen-bond acceptors (Lipinski definition) is 3. The second-order valence-corrected chi connectivity index (χ2v) is 8.08. The van der Waals surface area contributed by atoms with Gasteiger partial charge in [0.15, 0.2) is 0 Å². The van der Waals surface area contributed by atoms with Gasteiger partial charge in [0.05, 0.1) is 5.60 Å². The van der Waals surface area contributed by atoms with Crippen molar-refractivity contribution in [2.75, 3.05) is 6.54 Å². The normalized spacial score (nSPS) is 28.2. The molecule has 1 unspecified atom stereocenters. The number of carbonyl (C=O) groups is 1. The lowest BCUT2D eigenvalue weighted by Gasteiger charge is -2.36. The molecule has 1 aliphatic carbocycles. The summed E-state index contributed by atoms with van der Waals surface area (Å²) in [6, 6.07) is -0.115. The third kappa shape index (κ3) is 7.28. The van der Waals surface area contributed by atoms with Crippen molar-refractivity contribution in [1.29, 1.82) is 0 Å². The van der Waals surface area contributed by atoms with Crippen LogP contribution < -0.4 is 11.1 Å². The summed E-state index contributed by atoms with van der Waals surface area (Å²) in [5.74, 6) is 0.693. The number of hydrogen-bond donors (Lipinski definition) is 3. The molecule has 0 spiro atoms. The van der Waals surface area contributed by atoms with E-state index in [4.69, 9.17) is 5.73 Å². The summed E-state index contributed by atoms with van der Waals surface area (Å²) in [6.45, 7) is 8.94. The molecule has 4 nitrogen and oxygen atoms in total. The summed E-state index contributed by atoms with van der Waals surface area (Å²) in [7, 11) is 0.